The number of carbonyl (C=O) groups is 1. The van der Waals surface area contributed by atoms with Crippen LogP contribution in [0.3, 0.4) is 0 Å². The molecule has 7 heteroatoms. The van der Waals surface area contributed by atoms with Gasteiger partial charge in [0.2, 0.25) is 5.91 Å². The molecule has 0 unspecified atom stereocenters. The van der Waals surface area contributed by atoms with Crippen LogP contribution in [0.4, 0.5) is 24.5 Å². The van der Waals surface area contributed by atoms with Gasteiger partial charge >= 0.3 is 6.36 Å². The lowest BCUT2D eigenvalue weighted by Crippen LogP contribution is -2.23. The molecule has 27 heavy (non-hydrogen) atoms. The largest absolute Gasteiger partial charge is 0.573 e. The molecule has 0 aromatic heterocycles. The van der Waals surface area contributed by atoms with Gasteiger partial charge in [-0.15, -0.1) is 13.2 Å². The average Bonchev–Trinajstić information content (AvgIpc) is 3.14. The highest BCUT2D eigenvalue weighted by atomic mass is 19.4. The van der Waals surface area contributed by atoms with Gasteiger partial charge in [0.15, 0.2) is 0 Å². The molecule has 1 amide bonds. The minimum atomic E-state index is -4.77. The number of benzene rings is 2. The Bertz CT molecular complexity index is 802. The van der Waals surface area contributed by atoms with Crippen LogP contribution in [-0.4, -0.2) is 25.4 Å². The van der Waals surface area contributed by atoms with Crippen molar-refractivity contribution in [3.63, 3.8) is 0 Å². The summed E-state index contributed by atoms with van der Waals surface area (Å²) in [4.78, 5) is 14.9. The second kappa shape index (κ2) is 7.90. The minimum Gasteiger partial charge on any atom is -0.406 e. The van der Waals surface area contributed by atoms with Gasteiger partial charge in [-0.1, -0.05) is 24.3 Å². The summed E-state index contributed by atoms with van der Waals surface area (Å²) in [5.74, 6) is -1.25. The van der Waals surface area contributed by atoms with Crippen molar-refractivity contribution in [2.24, 2.45) is 0 Å². The van der Waals surface area contributed by atoms with Crippen molar-refractivity contribution in [1.29, 1.82) is 0 Å². The van der Waals surface area contributed by atoms with Crippen molar-refractivity contribution < 1.29 is 22.7 Å². The highest BCUT2D eigenvalue weighted by Crippen LogP contribution is 2.31. The molecule has 0 saturated carbocycles. The Morgan fingerprint density at radius 1 is 1.11 bits per heavy atom. The van der Waals surface area contributed by atoms with Gasteiger partial charge in [0, 0.05) is 13.1 Å². The third-order valence-corrected chi connectivity index (χ3v) is 4.59. The molecule has 0 radical (unpaired) electrons. The van der Waals surface area contributed by atoms with Gasteiger partial charge in [-0.2, -0.15) is 0 Å². The third-order valence-electron chi connectivity index (χ3n) is 4.59. The first-order chi connectivity index (χ1) is 12.8. The predicted octanol–water partition coefficient (Wildman–Crippen LogP) is 4.93. The van der Waals surface area contributed by atoms with Gasteiger partial charge < -0.3 is 15.0 Å². The SMILES string of the molecule is C[C@H](C(=O)Nc1ccccc1N1CCCC1)c1cccc(OC(F)(F)F)c1. The van der Waals surface area contributed by atoms with Crippen LogP contribution in [0, 0.1) is 0 Å². The van der Waals surface area contributed by atoms with Gasteiger partial charge in [0.05, 0.1) is 17.3 Å². The van der Waals surface area contributed by atoms with Gasteiger partial charge in [-0.3, -0.25) is 4.79 Å². The zero-order chi connectivity index (χ0) is 19.4. The van der Waals surface area contributed by atoms with E-state index in [1.54, 1.807) is 13.0 Å². The Labute approximate surface area is 155 Å². The van der Waals surface area contributed by atoms with Crippen molar-refractivity contribution in [3.8, 4) is 5.75 Å². The Kier molecular flexibility index (Phi) is 5.58. The van der Waals surface area contributed by atoms with E-state index in [0.717, 1.165) is 31.6 Å². The van der Waals surface area contributed by atoms with Gasteiger partial charge in [-0.25, -0.2) is 0 Å². The number of nitrogens with one attached hydrogen (secondary N) is 1. The third kappa shape index (κ3) is 4.93. The molecule has 1 saturated heterocycles. The average molecular weight is 378 g/mol. The fourth-order valence-corrected chi connectivity index (χ4v) is 3.19. The molecule has 1 fully saturated rings. The quantitative estimate of drug-likeness (QED) is 0.802. The maximum atomic E-state index is 12.7. The maximum Gasteiger partial charge on any atom is 0.573 e. The van der Waals surface area contributed by atoms with E-state index < -0.39 is 12.3 Å². The van der Waals surface area contributed by atoms with E-state index in [0.29, 0.717) is 11.3 Å². The lowest BCUT2D eigenvalue weighted by Gasteiger charge is -2.22. The fraction of sp³-hybridized carbons (Fsp3) is 0.350. The second-order valence-electron chi connectivity index (χ2n) is 6.54. The lowest BCUT2D eigenvalue weighted by molar-refractivity contribution is -0.274. The van der Waals surface area contributed by atoms with Gasteiger partial charge in [0.1, 0.15) is 5.75 Å². The van der Waals surface area contributed by atoms with Crippen LogP contribution >= 0.6 is 0 Å². The molecule has 2 aromatic carbocycles. The number of carbonyl (C=O) groups excluding carboxylic acids is 1. The van der Waals surface area contributed by atoms with E-state index in [2.05, 4.69) is 15.0 Å². The van der Waals surface area contributed by atoms with Crippen molar-refractivity contribution in [3.05, 3.63) is 54.1 Å². The lowest BCUT2D eigenvalue weighted by atomic mass is 10.00. The number of amides is 1. The Balaban J connectivity index is 1.74. The van der Waals surface area contributed by atoms with E-state index in [-0.39, 0.29) is 11.7 Å². The standard InChI is InChI=1S/C20H21F3N2O2/c1-14(15-7-6-8-16(13-15)27-20(21,22)23)19(26)24-17-9-2-3-10-18(17)25-11-4-5-12-25/h2-3,6-10,13-14H,4-5,11-12H2,1H3,(H,24,26)/t14-/m0/s1. The predicted molar refractivity (Wildman–Crippen MR) is 98.1 cm³/mol. The number of para-hydroxylation sites is 2. The van der Waals surface area contributed by atoms with Crippen molar-refractivity contribution in [2.75, 3.05) is 23.3 Å². The molecule has 3 rings (SSSR count). The molecule has 0 spiro atoms. The fourth-order valence-electron chi connectivity index (χ4n) is 3.19. The summed E-state index contributed by atoms with van der Waals surface area (Å²) in [6, 6.07) is 13.1. The summed E-state index contributed by atoms with van der Waals surface area (Å²) in [7, 11) is 0. The van der Waals surface area contributed by atoms with E-state index in [1.165, 1.54) is 18.2 Å². The van der Waals surface area contributed by atoms with Crippen molar-refractivity contribution in [2.45, 2.75) is 32.0 Å². The highest BCUT2D eigenvalue weighted by Gasteiger charge is 2.31. The number of alkyl halides is 3. The summed E-state index contributed by atoms with van der Waals surface area (Å²) in [5.41, 5.74) is 2.12. The highest BCUT2D eigenvalue weighted by molar-refractivity contribution is 5.98. The summed E-state index contributed by atoms with van der Waals surface area (Å²) >= 11 is 0. The maximum absolute atomic E-state index is 12.7. The Morgan fingerprint density at radius 3 is 2.52 bits per heavy atom. The number of hydrogen-bond acceptors (Lipinski definition) is 3. The normalized spacial score (nSPS) is 15.5. The van der Waals surface area contributed by atoms with Crippen molar-refractivity contribution in [1.82, 2.24) is 0 Å². The second-order valence-corrected chi connectivity index (χ2v) is 6.54. The van der Waals surface area contributed by atoms with Crippen molar-refractivity contribution >= 4 is 17.3 Å². The smallest absolute Gasteiger partial charge is 0.406 e. The number of rotatable bonds is 5. The first kappa shape index (κ1) is 19.1. The number of hydrogen-bond donors (Lipinski definition) is 1. The number of halogens is 3. The molecular formula is C20H21F3N2O2. The monoisotopic (exact) mass is 378 g/mol. The Hall–Kier alpha value is -2.70. The van der Waals surface area contributed by atoms with Crippen LogP contribution in [0.15, 0.2) is 48.5 Å². The summed E-state index contributed by atoms with van der Waals surface area (Å²) < 4.78 is 41.2. The molecule has 1 N–H and O–H groups in total. The van der Waals surface area contributed by atoms with Crippen LogP contribution in [0.1, 0.15) is 31.2 Å². The summed E-state index contributed by atoms with van der Waals surface area (Å²) in [6.07, 6.45) is -2.53. The topological polar surface area (TPSA) is 41.6 Å². The first-order valence-electron chi connectivity index (χ1n) is 8.84. The molecule has 1 aliphatic rings. The van der Waals surface area contributed by atoms with E-state index >= 15 is 0 Å². The zero-order valence-electron chi connectivity index (χ0n) is 14.9. The van der Waals surface area contributed by atoms with E-state index in [9.17, 15) is 18.0 Å². The number of nitrogens with zero attached hydrogens (tertiary/aromatic N) is 1. The molecule has 0 bridgehead atoms. The molecule has 1 heterocycles. The molecular weight excluding hydrogens is 357 g/mol. The first-order valence-corrected chi connectivity index (χ1v) is 8.84. The van der Waals surface area contributed by atoms with Gasteiger partial charge in [-0.05, 0) is 49.6 Å². The molecule has 144 valence electrons. The molecule has 1 atom stereocenters. The molecule has 1 aliphatic heterocycles. The Morgan fingerprint density at radius 2 is 1.81 bits per heavy atom. The minimum absolute atomic E-state index is 0.286. The van der Waals surface area contributed by atoms with Crippen LogP contribution in [0.5, 0.6) is 5.75 Å². The van der Waals surface area contributed by atoms with Crippen LogP contribution in [-0.2, 0) is 4.79 Å². The van der Waals surface area contributed by atoms with Crippen LogP contribution in [0.25, 0.3) is 0 Å². The summed E-state index contributed by atoms with van der Waals surface area (Å²) in [5, 5.41) is 2.91. The number of anilines is 2. The van der Waals surface area contributed by atoms with E-state index in [4.69, 9.17) is 0 Å². The summed E-state index contributed by atoms with van der Waals surface area (Å²) in [6.45, 7) is 3.54. The van der Waals surface area contributed by atoms with Crippen LogP contribution < -0.4 is 15.0 Å². The molecule has 0 aliphatic carbocycles. The number of ether oxygens (including phenoxy) is 1. The molecule has 2 aromatic rings. The van der Waals surface area contributed by atoms with E-state index in [1.807, 2.05) is 24.3 Å². The molecule has 4 nitrogen and oxygen atoms in total. The zero-order valence-corrected chi connectivity index (χ0v) is 14.9. The van der Waals surface area contributed by atoms with Gasteiger partial charge in [0.25, 0.3) is 0 Å². The van der Waals surface area contributed by atoms with Crippen LogP contribution in [0.2, 0.25) is 0 Å².